The van der Waals surface area contributed by atoms with E-state index in [9.17, 15) is 18.4 Å². The molecular formula is C20H18F3N6O+. The minimum absolute atomic E-state index is 0.135. The molecule has 154 valence electrons. The summed E-state index contributed by atoms with van der Waals surface area (Å²) in [5, 5.41) is 14.0. The number of rotatable bonds is 4. The first kappa shape index (κ1) is 18.8. The highest BCUT2D eigenvalue weighted by molar-refractivity contribution is 6.00. The van der Waals surface area contributed by atoms with Crippen molar-refractivity contribution in [2.75, 3.05) is 11.9 Å². The summed E-state index contributed by atoms with van der Waals surface area (Å²) in [4.78, 5) is 14.1. The van der Waals surface area contributed by atoms with Gasteiger partial charge in [0.15, 0.2) is 5.70 Å². The Morgan fingerprint density at radius 1 is 1.20 bits per heavy atom. The number of hydrogen-bond acceptors (Lipinski definition) is 6. The monoisotopic (exact) mass is 415 g/mol. The maximum atomic E-state index is 13.3. The highest BCUT2D eigenvalue weighted by atomic mass is 19.4. The van der Waals surface area contributed by atoms with E-state index in [2.05, 4.69) is 20.3 Å². The van der Waals surface area contributed by atoms with Crippen LogP contribution in [0.1, 0.15) is 29.7 Å². The van der Waals surface area contributed by atoms with Gasteiger partial charge in [0, 0.05) is 17.8 Å². The van der Waals surface area contributed by atoms with Gasteiger partial charge in [-0.3, -0.25) is 5.21 Å². The zero-order valence-electron chi connectivity index (χ0n) is 15.7. The van der Waals surface area contributed by atoms with Gasteiger partial charge in [0.2, 0.25) is 11.8 Å². The summed E-state index contributed by atoms with van der Waals surface area (Å²) in [7, 11) is 0. The number of hydroxylamine groups is 2. The number of aliphatic imine (C=N–C) groups is 1. The Bertz CT molecular complexity index is 1090. The van der Waals surface area contributed by atoms with Crippen LogP contribution in [0.25, 0.3) is 11.4 Å². The SMILES string of the molecule is ON1C=C[NH+]2C(=NC(c3cccc(C(F)(F)F)c3)=C2c2ccnc(NC3CC3)n2)C1. The van der Waals surface area contributed by atoms with Gasteiger partial charge in [-0.05, 0) is 31.0 Å². The van der Waals surface area contributed by atoms with Crippen LogP contribution in [0.5, 0.6) is 0 Å². The number of fused-ring (bicyclic) bond motifs is 1. The molecule has 3 aliphatic rings. The van der Waals surface area contributed by atoms with Crippen molar-refractivity contribution >= 4 is 23.2 Å². The molecule has 0 saturated heterocycles. The Hall–Kier alpha value is -3.24. The quantitative estimate of drug-likeness (QED) is 0.715. The van der Waals surface area contributed by atoms with E-state index in [4.69, 9.17) is 0 Å². The van der Waals surface area contributed by atoms with Crippen LogP contribution >= 0.6 is 0 Å². The molecule has 0 amide bonds. The lowest BCUT2D eigenvalue weighted by atomic mass is 10.1. The van der Waals surface area contributed by atoms with Gasteiger partial charge in [-0.2, -0.15) is 18.2 Å². The maximum Gasteiger partial charge on any atom is 0.416 e. The molecule has 2 aromatic rings. The van der Waals surface area contributed by atoms with Crippen LogP contribution in [0.3, 0.4) is 0 Å². The molecule has 0 spiro atoms. The van der Waals surface area contributed by atoms with Crippen molar-refractivity contribution in [3.05, 3.63) is 65.7 Å². The summed E-state index contributed by atoms with van der Waals surface area (Å²) in [6.45, 7) is 0.135. The molecular weight excluding hydrogens is 397 g/mol. The van der Waals surface area contributed by atoms with Crippen molar-refractivity contribution in [3.8, 4) is 0 Å². The van der Waals surface area contributed by atoms with Crippen LogP contribution in [-0.4, -0.2) is 38.7 Å². The lowest BCUT2D eigenvalue weighted by Crippen LogP contribution is -3.08. The fraction of sp³-hybridized carbons (Fsp3) is 0.250. The third kappa shape index (κ3) is 3.55. The summed E-state index contributed by atoms with van der Waals surface area (Å²) < 4.78 is 39.8. The second-order valence-electron chi connectivity index (χ2n) is 7.37. The van der Waals surface area contributed by atoms with Gasteiger partial charge in [-0.1, -0.05) is 12.1 Å². The fourth-order valence-corrected chi connectivity index (χ4v) is 3.48. The lowest BCUT2D eigenvalue weighted by Gasteiger charge is -2.21. The van der Waals surface area contributed by atoms with Gasteiger partial charge in [0.25, 0.3) is 0 Å². The summed E-state index contributed by atoms with van der Waals surface area (Å²) in [5.74, 6) is 1.04. The molecule has 1 unspecified atom stereocenters. The van der Waals surface area contributed by atoms with Crippen molar-refractivity contribution in [1.29, 1.82) is 0 Å². The number of hydrogen-bond donors (Lipinski definition) is 3. The molecule has 1 fully saturated rings. The van der Waals surface area contributed by atoms with E-state index >= 15 is 0 Å². The number of amidine groups is 1. The Kier molecular flexibility index (Phi) is 4.33. The minimum Gasteiger partial charge on any atom is -0.351 e. The molecule has 2 aliphatic heterocycles. The van der Waals surface area contributed by atoms with E-state index < -0.39 is 11.7 Å². The van der Waals surface area contributed by atoms with Gasteiger partial charge >= 0.3 is 6.18 Å². The van der Waals surface area contributed by atoms with E-state index in [1.165, 1.54) is 12.3 Å². The molecule has 0 radical (unpaired) electrons. The van der Waals surface area contributed by atoms with Gasteiger partial charge in [0.1, 0.15) is 24.1 Å². The average molecular weight is 415 g/mol. The highest BCUT2D eigenvalue weighted by Crippen LogP contribution is 2.34. The normalized spacial score (nSPS) is 21.0. The summed E-state index contributed by atoms with van der Waals surface area (Å²) in [5.41, 5.74) is 1.16. The molecule has 1 saturated carbocycles. The van der Waals surface area contributed by atoms with Gasteiger partial charge in [-0.25, -0.2) is 19.9 Å². The van der Waals surface area contributed by atoms with Gasteiger partial charge in [-0.15, -0.1) is 0 Å². The number of anilines is 1. The van der Waals surface area contributed by atoms with Crippen molar-refractivity contribution in [2.24, 2.45) is 4.99 Å². The summed E-state index contributed by atoms with van der Waals surface area (Å²) in [6, 6.07) is 7.15. The number of nitrogens with zero attached hydrogens (tertiary/aromatic N) is 4. The third-order valence-corrected chi connectivity index (χ3v) is 5.07. The average Bonchev–Trinajstić information content (AvgIpc) is 3.44. The van der Waals surface area contributed by atoms with E-state index in [1.807, 2.05) is 0 Å². The maximum absolute atomic E-state index is 13.3. The molecule has 3 heterocycles. The number of quaternary nitrogens is 1. The van der Waals surface area contributed by atoms with E-state index in [1.54, 1.807) is 24.5 Å². The van der Waals surface area contributed by atoms with Gasteiger partial charge in [0.05, 0.1) is 11.8 Å². The fourth-order valence-electron chi connectivity index (χ4n) is 3.48. The highest BCUT2D eigenvalue weighted by Gasteiger charge is 2.38. The smallest absolute Gasteiger partial charge is 0.351 e. The van der Waals surface area contributed by atoms with Crippen LogP contribution in [0.2, 0.25) is 0 Å². The third-order valence-electron chi connectivity index (χ3n) is 5.07. The largest absolute Gasteiger partial charge is 0.416 e. The zero-order valence-corrected chi connectivity index (χ0v) is 15.7. The van der Waals surface area contributed by atoms with Crippen molar-refractivity contribution in [1.82, 2.24) is 15.0 Å². The molecule has 1 aromatic carbocycles. The second-order valence-corrected chi connectivity index (χ2v) is 7.37. The molecule has 0 bridgehead atoms. The summed E-state index contributed by atoms with van der Waals surface area (Å²) in [6.07, 6.45) is 2.47. The number of aromatic nitrogens is 2. The molecule has 5 rings (SSSR count). The molecule has 30 heavy (non-hydrogen) atoms. The predicted molar refractivity (Wildman–Crippen MR) is 103 cm³/mol. The van der Waals surface area contributed by atoms with Crippen molar-refractivity contribution < 1.29 is 23.3 Å². The van der Waals surface area contributed by atoms with Crippen molar-refractivity contribution in [2.45, 2.75) is 25.1 Å². The summed E-state index contributed by atoms with van der Waals surface area (Å²) >= 11 is 0. The van der Waals surface area contributed by atoms with Crippen LogP contribution in [0, 0.1) is 0 Å². The topological polar surface area (TPSA) is 78.1 Å². The molecule has 1 aromatic heterocycles. The molecule has 3 N–H and O–H groups in total. The second kappa shape index (κ2) is 6.92. The Labute approximate surface area is 169 Å². The van der Waals surface area contributed by atoms with E-state index in [-0.39, 0.29) is 6.54 Å². The first-order valence-corrected chi connectivity index (χ1v) is 9.49. The number of nitrogens with one attached hydrogen (secondary N) is 2. The number of halogens is 3. The Morgan fingerprint density at radius 2 is 2.03 bits per heavy atom. The molecule has 1 atom stereocenters. The number of benzene rings is 1. The molecule has 10 heteroatoms. The first-order chi connectivity index (χ1) is 14.4. The van der Waals surface area contributed by atoms with E-state index in [0.29, 0.717) is 40.5 Å². The minimum atomic E-state index is -4.46. The first-order valence-electron chi connectivity index (χ1n) is 9.49. The molecule has 7 nitrogen and oxygen atoms in total. The standard InChI is InChI=1S/C20H17F3N6O/c21-20(22,23)13-3-1-2-12(10-13)17-18(29-9-8-28(30)11-16(29)27-17)15-6-7-24-19(26-15)25-14-4-5-14/h1-3,6-10,14,30H,4-5,11H2,(H,24,25,26)/p+1. The zero-order chi connectivity index (χ0) is 20.9. The van der Waals surface area contributed by atoms with Crippen LogP contribution in [-0.2, 0) is 6.18 Å². The van der Waals surface area contributed by atoms with E-state index in [0.717, 1.165) is 34.9 Å². The number of alkyl halides is 3. The lowest BCUT2D eigenvalue weighted by molar-refractivity contribution is -0.661. The van der Waals surface area contributed by atoms with Crippen LogP contribution in [0.15, 0.2) is 53.9 Å². The van der Waals surface area contributed by atoms with Crippen molar-refractivity contribution in [3.63, 3.8) is 0 Å². The van der Waals surface area contributed by atoms with Crippen LogP contribution < -0.4 is 10.2 Å². The van der Waals surface area contributed by atoms with Gasteiger partial charge < -0.3 is 5.32 Å². The predicted octanol–water partition coefficient (Wildman–Crippen LogP) is 2.37. The Morgan fingerprint density at radius 3 is 2.80 bits per heavy atom. The van der Waals surface area contributed by atoms with Crippen LogP contribution in [0.4, 0.5) is 19.1 Å². The molecule has 1 aliphatic carbocycles. The Balaban J connectivity index is 1.63.